The van der Waals surface area contributed by atoms with Crippen molar-refractivity contribution >= 4 is 16.7 Å². The third-order valence-electron chi connectivity index (χ3n) is 3.03. The highest BCUT2D eigenvalue weighted by Gasteiger charge is 2.12. The lowest BCUT2D eigenvalue weighted by molar-refractivity contribution is 0.354. The summed E-state index contributed by atoms with van der Waals surface area (Å²) in [6, 6.07) is 6.01. The summed E-state index contributed by atoms with van der Waals surface area (Å²) in [6.45, 7) is 4.12. The Morgan fingerprint density at radius 3 is 2.60 bits per heavy atom. The molecule has 0 saturated carbocycles. The van der Waals surface area contributed by atoms with Crippen LogP contribution >= 0.6 is 11.5 Å². The molecule has 108 valence electrons. The van der Waals surface area contributed by atoms with E-state index >= 15 is 0 Å². The summed E-state index contributed by atoms with van der Waals surface area (Å²) in [5.41, 5.74) is 1.11. The van der Waals surface area contributed by atoms with Crippen molar-refractivity contribution in [1.29, 1.82) is 0 Å². The zero-order chi connectivity index (χ0) is 14.5. The van der Waals surface area contributed by atoms with E-state index in [1.54, 1.807) is 14.2 Å². The fourth-order valence-electron chi connectivity index (χ4n) is 1.85. The summed E-state index contributed by atoms with van der Waals surface area (Å²) in [5.74, 6) is 2.33. The number of hydrogen-bond acceptors (Lipinski definition) is 6. The second kappa shape index (κ2) is 6.56. The molecule has 1 N–H and O–H groups in total. The van der Waals surface area contributed by atoms with Crippen LogP contribution in [0.15, 0.2) is 18.2 Å². The van der Waals surface area contributed by atoms with Gasteiger partial charge >= 0.3 is 0 Å². The topological polar surface area (TPSA) is 56.3 Å². The minimum Gasteiger partial charge on any atom is -0.493 e. The molecule has 0 aliphatic carbocycles. The van der Waals surface area contributed by atoms with Crippen LogP contribution in [0, 0.1) is 0 Å². The molecule has 0 amide bonds. The van der Waals surface area contributed by atoms with Crippen LogP contribution < -0.4 is 14.8 Å². The van der Waals surface area contributed by atoms with Gasteiger partial charge < -0.3 is 14.8 Å². The van der Waals surface area contributed by atoms with Crippen molar-refractivity contribution in [3.63, 3.8) is 0 Å². The third kappa shape index (κ3) is 3.19. The van der Waals surface area contributed by atoms with Gasteiger partial charge in [-0.05, 0) is 24.6 Å². The average molecular weight is 293 g/mol. The second-order valence-corrected chi connectivity index (χ2v) is 5.10. The number of aromatic nitrogens is 2. The highest BCUT2D eigenvalue weighted by atomic mass is 32.1. The summed E-state index contributed by atoms with van der Waals surface area (Å²) >= 11 is 1.39. The van der Waals surface area contributed by atoms with E-state index in [0.717, 1.165) is 34.4 Å². The van der Waals surface area contributed by atoms with Crippen LogP contribution in [0.25, 0.3) is 0 Å². The van der Waals surface area contributed by atoms with Crippen LogP contribution in [-0.4, -0.2) is 23.6 Å². The van der Waals surface area contributed by atoms with Gasteiger partial charge in [0.15, 0.2) is 11.5 Å². The number of rotatable bonds is 6. The number of methoxy groups -OCH3 is 2. The Kier molecular flexibility index (Phi) is 4.79. The Balaban J connectivity index is 2.14. The highest BCUT2D eigenvalue weighted by Crippen LogP contribution is 2.31. The number of anilines is 1. The molecule has 1 aromatic carbocycles. The van der Waals surface area contributed by atoms with Gasteiger partial charge in [0.2, 0.25) is 5.13 Å². The monoisotopic (exact) mass is 293 g/mol. The number of hydrogen-bond donors (Lipinski definition) is 1. The number of ether oxygens (including phenoxy) is 2. The van der Waals surface area contributed by atoms with Gasteiger partial charge in [0.05, 0.1) is 20.3 Å². The van der Waals surface area contributed by atoms with Crippen LogP contribution in [0.4, 0.5) is 5.13 Å². The lowest BCUT2D eigenvalue weighted by atomic mass is 10.1. The van der Waals surface area contributed by atoms with Gasteiger partial charge in [-0.25, -0.2) is 4.98 Å². The molecular weight excluding hydrogens is 274 g/mol. The number of nitrogens with one attached hydrogen (secondary N) is 1. The van der Waals surface area contributed by atoms with Gasteiger partial charge in [-0.1, -0.05) is 13.0 Å². The van der Waals surface area contributed by atoms with Crippen molar-refractivity contribution in [2.45, 2.75) is 26.3 Å². The third-order valence-corrected chi connectivity index (χ3v) is 3.72. The fraction of sp³-hybridized carbons (Fsp3) is 0.429. The van der Waals surface area contributed by atoms with E-state index in [4.69, 9.17) is 9.47 Å². The first-order valence-electron chi connectivity index (χ1n) is 6.49. The van der Waals surface area contributed by atoms with Crippen molar-refractivity contribution in [2.75, 3.05) is 19.5 Å². The molecule has 0 saturated heterocycles. The predicted octanol–water partition coefficient (Wildman–Crippen LogP) is 3.29. The summed E-state index contributed by atoms with van der Waals surface area (Å²) in [4.78, 5) is 4.41. The van der Waals surface area contributed by atoms with Gasteiger partial charge in [0.1, 0.15) is 5.82 Å². The minimum absolute atomic E-state index is 0.118. The maximum atomic E-state index is 5.32. The fourth-order valence-corrected chi connectivity index (χ4v) is 2.58. The summed E-state index contributed by atoms with van der Waals surface area (Å²) in [7, 11) is 3.27. The Morgan fingerprint density at radius 1 is 1.25 bits per heavy atom. The molecule has 0 spiro atoms. The largest absolute Gasteiger partial charge is 0.493 e. The van der Waals surface area contributed by atoms with Crippen LogP contribution in [0.1, 0.15) is 31.3 Å². The van der Waals surface area contributed by atoms with Gasteiger partial charge in [-0.2, -0.15) is 4.37 Å². The average Bonchev–Trinajstić information content (AvgIpc) is 2.94. The zero-order valence-corrected chi connectivity index (χ0v) is 13.0. The summed E-state index contributed by atoms with van der Waals surface area (Å²) < 4.78 is 14.8. The van der Waals surface area contributed by atoms with Gasteiger partial charge in [-0.3, -0.25) is 0 Å². The molecule has 2 rings (SSSR count). The Bertz CT molecular complexity index is 571. The molecule has 6 heteroatoms. The van der Waals surface area contributed by atoms with Crippen molar-refractivity contribution in [1.82, 2.24) is 9.36 Å². The maximum absolute atomic E-state index is 5.32. The summed E-state index contributed by atoms with van der Waals surface area (Å²) in [6.07, 6.45) is 0.850. The van der Waals surface area contributed by atoms with E-state index in [0.29, 0.717) is 0 Å². The minimum atomic E-state index is 0.118. The van der Waals surface area contributed by atoms with Crippen molar-refractivity contribution < 1.29 is 9.47 Å². The zero-order valence-electron chi connectivity index (χ0n) is 12.1. The highest BCUT2D eigenvalue weighted by molar-refractivity contribution is 7.09. The molecule has 0 fully saturated rings. The van der Waals surface area contributed by atoms with Crippen LogP contribution in [-0.2, 0) is 6.42 Å². The molecule has 20 heavy (non-hydrogen) atoms. The lowest BCUT2D eigenvalue weighted by Gasteiger charge is -2.15. The Morgan fingerprint density at radius 2 is 2.00 bits per heavy atom. The van der Waals surface area contributed by atoms with Crippen molar-refractivity contribution in [2.24, 2.45) is 0 Å². The van der Waals surface area contributed by atoms with Crippen LogP contribution in [0.3, 0.4) is 0 Å². The second-order valence-electron chi connectivity index (χ2n) is 4.35. The molecule has 1 aromatic heterocycles. The summed E-state index contributed by atoms with van der Waals surface area (Å²) in [5, 5.41) is 4.19. The van der Waals surface area contributed by atoms with E-state index in [9.17, 15) is 0 Å². The van der Waals surface area contributed by atoms with Gasteiger partial charge in [0.25, 0.3) is 0 Å². The molecule has 0 aliphatic rings. The first-order valence-corrected chi connectivity index (χ1v) is 7.26. The van der Waals surface area contributed by atoms with E-state index in [2.05, 4.69) is 21.6 Å². The van der Waals surface area contributed by atoms with Gasteiger partial charge in [-0.15, -0.1) is 0 Å². The number of benzene rings is 1. The molecule has 5 nitrogen and oxygen atoms in total. The van der Waals surface area contributed by atoms with E-state index in [1.165, 1.54) is 11.5 Å². The van der Waals surface area contributed by atoms with Crippen molar-refractivity contribution in [3.05, 3.63) is 29.6 Å². The lowest BCUT2D eigenvalue weighted by Crippen LogP contribution is -2.07. The van der Waals surface area contributed by atoms with Gasteiger partial charge in [0, 0.05) is 18.0 Å². The Hall–Kier alpha value is -1.82. The van der Waals surface area contributed by atoms with Crippen molar-refractivity contribution in [3.8, 4) is 11.5 Å². The molecule has 2 aromatic rings. The molecular formula is C14H19N3O2S. The van der Waals surface area contributed by atoms with E-state index in [-0.39, 0.29) is 6.04 Å². The van der Waals surface area contributed by atoms with Crippen LogP contribution in [0.5, 0.6) is 11.5 Å². The SMILES string of the molecule is CCc1nsc(NC(C)c2ccc(OC)c(OC)c2)n1. The van der Waals surface area contributed by atoms with Crippen LogP contribution in [0.2, 0.25) is 0 Å². The molecule has 1 heterocycles. The van der Waals surface area contributed by atoms with E-state index < -0.39 is 0 Å². The molecule has 0 radical (unpaired) electrons. The quantitative estimate of drug-likeness (QED) is 0.885. The first kappa shape index (κ1) is 14.6. The maximum Gasteiger partial charge on any atom is 0.203 e. The number of nitrogens with zero attached hydrogens (tertiary/aromatic N) is 2. The number of aryl methyl sites for hydroxylation is 1. The standard InChI is InChI=1S/C14H19N3O2S/c1-5-13-16-14(20-17-13)15-9(2)10-6-7-11(18-3)12(8-10)19-4/h6-9H,5H2,1-4H3,(H,15,16,17). The predicted molar refractivity (Wildman–Crippen MR) is 80.9 cm³/mol. The molecule has 0 bridgehead atoms. The first-order chi connectivity index (χ1) is 9.67. The normalized spacial score (nSPS) is 12.0. The smallest absolute Gasteiger partial charge is 0.203 e. The molecule has 0 aliphatic heterocycles. The van der Waals surface area contributed by atoms with E-state index in [1.807, 2.05) is 25.1 Å². The molecule has 1 atom stereocenters. The Labute approximate surface area is 123 Å². The molecule has 1 unspecified atom stereocenters.